The maximum Gasteiger partial charge on any atom is 0.338 e. The van der Waals surface area contributed by atoms with Gasteiger partial charge in [0.15, 0.2) is 0 Å². The third-order valence-corrected chi connectivity index (χ3v) is 5.95. The first-order valence-electron chi connectivity index (χ1n) is 10.2. The zero-order valence-corrected chi connectivity index (χ0v) is 18.5. The van der Waals surface area contributed by atoms with E-state index in [4.69, 9.17) is 9.47 Å². The van der Waals surface area contributed by atoms with E-state index in [1.165, 1.54) is 4.90 Å². The number of hydrogen-bond acceptors (Lipinski definition) is 6. The number of ether oxygens (including phenoxy) is 2. The van der Waals surface area contributed by atoms with Gasteiger partial charge in [0.1, 0.15) is 18.9 Å². The van der Waals surface area contributed by atoms with Gasteiger partial charge in [0.25, 0.3) is 0 Å². The molecule has 1 atom stereocenters. The lowest BCUT2D eigenvalue weighted by atomic mass is 9.96. The highest BCUT2D eigenvalue weighted by Crippen LogP contribution is 2.35. The van der Waals surface area contributed by atoms with E-state index in [1.54, 1.807) is 30.0 Å². The average Bonchev–Trinajstić information content (AvgIpc) is 3.18. The SMILES string of the molecule is CCOc1ccccc1NC(=O)CN1C(=O)N[C@@H](c2ccc(SC)cc2)C2=C1COC2=O. The van der Waals surface area contributed by atoms with Crippen molar-refractivity contribution in [2.24, 2.45) is 0 Å². The Bertz CT molecular complexity index is 1080. The van der Waals surface area contributed by atoms with Crippen molar-refractivity contribution in [3.8, 4) is 5.75 Å². The summed E-state index contributed by atoms with van der Waals surface area (Å²) < 4.78 is 10.8. The van der Waals surface area contributed by atoms with E-state index in [1.807, 2.05) is 43.5 Å². The summed E-state index contributed by atoms with van der Waals surface area (Å²) in [6.45, 7) is 1.99. The lowest BCUT2D eigenvalue weighted by molar-refractivity contribution is -0.136. The lowest BCUT2D eigenvalue weighted by Gasteiger charge is -2.32. The van der Waals surface area contributed by atoms with Crippen LogP contribution in [0.5, 0.6) is 5.75 Å². The van der Waals surface area contributed by atoms with Crippen LogP contribution in [0.25, 0.3) is 0 Å². The number of amides is 3. The third kappa shape index (κ3) is 4.29. The number of carbonyl (C=O) groups is 3. The van der Waals surface area contributed by atoms with Crippen molar-refractivity contribution in [3.63, 3.8) is 0 Å². The average molecular weight is 454 g/mol. The topological polar surface area (TPSA) is 97.0 Å². The van der Waals surface area contributed by atoms with Gasteiger partial charge in [-0.05, 0) is 43.0 Å². The fourth-order valence-electron chi connectivity index (χ4n) is 3.71. The highest BCUT2D eigenvalue weighted by molar-refractivity contribution is 7.98. The summed E-state index contributed by atoms with van der Waals surface area (Å²) in [5, 5.41) is 5.61. The van der Waals surface area contributed by atoms with E-state index < -0.39 is 23.9 Å². The number of benzene rings is 2. The van der Waals surface area contributed by atoms with Crippen LogP contribution in [-0.2, 0) is 14.3 Å². The Morgan fingerprint density at radius 3 is 2.69 bits per heavy atom. The van der Waals surface area contributed by atoms with E-state index in [0.717, 1.165) is 10.5 Å². The molecule has 0 radical (unpaired) electrons. The van der Waals surface area contributed by atoms with Crippen LogP contribution >= 0.6 is 11.8 Å². The molecule has 9 heteroatoms. The molecule has 0 saturated heterocycles. The smallest absolute Gasteiger partial charge is 0.338 e. The quantitative estimate of drug-likeness (QED) is 0.493. The molecule has 2 N–H and O–H groups in total. The monoisotopic (exact) mass is 453 g/mol. The van der Waals surface area contributed by atoms with Gasteiger partial charge in [-0.3, -0.25) is 9.69 Å². The molecule has 0 saturated carbocycles. The first kappa shape index (κ1) is 21.8. The number of hydrogen-bond donors (Lipinski definition) is 2. The molecular weight excluding hydrogens is 430 g/mol. The van der Waals surface area contributed by atoms with Crippen LogP contribution in [0.15, 0.2) is 64.7 Å². The van der Waals surface area contributed by atoms with Crippen molar-refractivity contribution in [2.75, 3.05) is 31.3 Å². The second-order valence-electron chi connectivity index (χ2n) is 7.16. The zero-order chi connectivity index (χ0) is 22.7. The fraction of sp³-hybridized carbons (Fsp3) is 0.261. The molecule has 166 valence electrons. The fourth-order valence-corrected chi connectivity index (χ4v) is 4.12. The number of thioether (sulfide) groups is 1. The van der Waals surface area contributed by atoms with Crippen molar-refractivity contribution in [1.29, 1.82) is 0 Å². The van der Waals surface area contributed by atoms with Gasteiger partial charge in [-0.2, -0.15) is 0 Å². The Morgan fingerprint density at radius 2 is 1.97 bits per heavy atom. The molecule has 2 heterocycles. The Kier molecular flexibility index (Phi) is 6.36. The van der Waals surface area contributed by atoms with Crippen molar-refractivity contribution in [3.05, 3.63) is 65.4 Å². The summed E-state index contributed by atoms with van der Waals surface area (Å²) in [5.74, 6) is -0.369. The minimum atomic E-state index is -0.624. The van der Waals surface area contributed by atoms with Gasteiger partial charge in [-0.25, -0.2) is 9.59 Å². The van der Waals surface area contributed by atoms with Crippen molar-refractivity contribution in [1.82, 2.24) is 10.2 Å². The molecule has 3 amide bonds. The maximum absolute atomic E-state index is 12.9. The second-order valence-corrected chi connectivity index (χ2v) is 8.04. The molecular formula is C23H23N3O5S. The summed E-state index contributed by atoms with van der Waals surface area (Å²) in [6, 6.07) is 13.6. The number of nitrogens with zero attached hydrogens (tertiary/aromatic N) is 1. The molecule has 4 rings (SSSR count). The summed E-state index contributed by atoms with van der Waals surface area (Å²) in [7, 11) is 0. The molecule has 2 aliphatic rings. The van der Waals surface area contributed by atoms with Crippen LogP contribution in [0.1, 0.15) is 18.5 Å². The summed E-state index contributed by atoms with van der Waals surface area (Å²) >= 11 is 1.60. The van der Waals surface area contributed by atoms with Gasteiger partial charge >= 0.3 is 12.0 Å². The summed E-state index contributed by atoms with van der Waals surface area (Å²) in [6.07, 6.45) is 1.97. The standard InChI is InChI=1S/C23H23N3O5S/c1-3-30-18-7-5-4-6-16(18)24-19(27)12-26-17-13-31-22(28)20(17)21(25-23(26)29)14-8-10-15(32-2)11-9-14/h4-11,21H,3,12-13H2,1-2H3,(H,24,27)(H,25,29)/t21-/m0/s1. The molecule has 0 spiro atoms. The van der Waals surface area contributed by atoms with Crippen molar-refractivity contribution in [2.45, 2.75) is 17.9 Å². The number of anilines is 1. The second kappa shape index (κ2) is 9.35. The van der Waals surface area contributed by atoms with E-state index in [0.29, 0.717) is 29.3 Å². The minimum absolute atomic E-state index is 0.0518. The Hall–Kier alpha value is -3.46. The minimum Gasteiger partial charge on any atom is -0.492 e. The van der Waals surface area contributed by atoms with Crippen molar-refractivity contribution >= 4 is 35.4 Å². The highest BCUT2D eigenvalue weighted by Gasteiger charge is 2.42. The number of nitrogens with one attached hydrogen (secondary N) is 2. The van der Waals surface area contributed by atoms with Gasteiger partial charge in [-0.1, -0.05) is 24.3 Å². The van der Waals surface area contributed by atoms with Crippen LogP contribution in [0.3, 0.4) is 0 Å². The molecule has 0 aromatic heterocycles. The Labute approximate surface area is 189 Å². The molecule has 0 aliphatic carbocycles. The molecule has 2 aromatic carbocycles. The van der Waals surface area contributed by atoms with Crippen LogP contribution < -0.4 is 15.4 Å². The van der Waals surface area contributed by atoms with Gasteiger partial charge in [0.2, 0.25) is 5.91 Å². The molecule has 8 nitrogen and oxygen atoms in total. The van der Waals surface area contributed by atoms with Gasteiger partial charge < -0.3 is 20.1 Å². The maximum atomic E-state index is 12.9. The van der Waals surface area contributed by atoms with Crippen LogP contribution in [0.2, 0.25) is 0 Å². The molecule has 2 aliphatic heterocycles. The predicted octanol–water partition coefficient (Wildman–Crippen LogP) is 3.32. The number of rotatable bonds is 7. The molecule has 0 fully saturated rings. The van der Waals surface area contributed by atoms with Crippen LogP contribution in [0.4, 0.5) is 10.5 Å². The lowest BCUT2D eigenvalue weighted by Crippen LogP contribution is -2.49. The number of para-hydroxylation sites is 2. The Balaban J connectivity index is 1.57. The van der Waals surface area contributed by atoms with Crippen molar-refractivity contribution < 1.29 is 23.9 Å². The number of esters is 1. The van der Waals surface area contributed by atoms with E-state index in [2.05, 4.69) is 10.6 Å². The molecule has 32 heavy (non-hydrogen) atoms. The van der Waals surface area contributed by atoms with Crippen LogP contribution in [0, 0.1) is 0 Å². The van der Waals surface area contributed by atoms with Gasteiger partial charge in [-0.15, -0.1) is 11.8 Å². The highest BCUT2D eigenvalue weighted by atomic mass is 32.2. The summed E-state index contributed by atoms with van der Waals surface area (Å²) in [5.41, 5.74) is 2.05. The summed E-state index contributed by atoms with van der Waals surface area (Å²) in [4.78, 5) is 40.5. The predicted molar refractivity (Wildman–Crippen MR) is 120 cm³/mol. The third-order valence-electron chi connectivity index (χ3n) is 5.21. The number of carbonyl (C=O) groups excluding carboxylic acids is 3. The number of cyclic esters (lactones) is 1. The molecule has 2 aromatic rings. The largest absolute Gasteiger partial charge is 0.492 e. The van der Waals surface area contributed by atoms with Gasteiger partial charge in [0, 0.05) is 4.90 Å². The van der Waals surface area contributed by atoms with Crippen LogP contribution in [-0.4, -0.2) is 48.8 Å². The van der Waals surface area contributed by atoms with E-state index in [-0.39, 0.29) is 13.2 Å². The first-order valence-corrected chi connectivity index (χ1v) is 11.4. The Morgan fingerprint density at radius 1 is 1.22 bits per heavy atom. The molecule has 0 bridgehead atoms. The normalized spacial score (nSPS) is 17.6. The van der Waals surface area contributed by atoms with Gasteiger partial charge in [0.05, 0.1) is 29.6 Å². The first-order chi connectivity index (χ1) is 15.5. The molecule has 0 unspecified atom stereocenters. The number of urea groups is 1. The van der Waals surface area contributed by atoms with E-state index in [9.17, 15) is 14.4 Å². The zero-order valence-electron chi connectivity index (χ0n) is 17.7. The van der Waals surface area contributed by atoms with E-state index >= 15 is 0 Å².